The van der Waals surface area contributed by atoms with Gasteiger partial charge in [0.05, 0.1) is 18.3 Å². The van der Waals surface area contributed by atoms with Gasteiger partial charge in [0.2, 0.25) is 17.8 Å². The van der Waals surface area contributed by atoms with Crippen molar-refractivity contribution in [1.29, 1.82) is 0 Å². The Balaban J connectivity index is 1.51. The first-order chi connectivity index (χ1) is 29.2. The van der Waals surface area contributed by atoms with Crippen LogP contribution < -0.4 is 14.9 Å². The first-order valence-corrected chi connectivity index (χ1v) is 18.9. The normalized spacial score (nSPS) is 25.7. The minimum absolute atomic E-state index is 0.0540. The zero-order valence-corrected chi connectivity index (χ0v) is 34.6. The van der Waals surface area contributed by atoms with Crippen molar-refractivity contribution in [3.05, 3.63) is 52.9 Å². The lowest BCUT2D eigenvalue weighted by atomic mass is 9.97. The third kappa shape index (κ3) is 11.4. The average Bonchev–Trinajstić information content (AvgIpc) is 3.15. The van der Waals surface area contributed by atoms with E-state index in [2.05, 4.69) is 0 Å². The number of benzene rings is 2. The molecular formula is C41H44O21. The van der Waals surface area contributed by atoms with Gasteiger partial charge in [0.25, 0.3) is 0 Å². The van der Waals surface area contributed by atoms with E-state index in [1.165, 1.54) is 44.2 Å². The zero-order valence-electron chi connectivity index (χ0n) is 34.6. The van der Waals surface area contributed by atoms with Gasteiger partial charge in [-0.3, -0.25) is 38.4 Å². The van der Waals surface area contributed by atoms with Crippen LogP contribution in [0.25, 0.3) is 22.1 Å². The SMILES string of the molecule is CC(=O)Oc1ccc(-c2coc3cc(O[C@H]4O[C@H](CO[C@@H]5O[C@@H](C)[C@H](OC(C)=O)[C@@H](OC(C)=O)[C@H]5OC(C)=O)[C@@H](OC(C)=O)[C@H](OC(C)=O)[C@H]4OC(C)=O)cc(O)c3c2=O)cc1. The third-order valence-electron chi connectivity index (χ3n) is 9.06. The Hall–Kier alpha value is -6.58. The summed E-state index contributed by atoms with van der Waals surface area (Å²) in [6, 6.07) is 8.23. The van der Waals surface area contributed by atoms with Crippen molar-refractivity contribution in [2.75, 3.05) is 6.61 Å². The molecule has 1 N–H and O–H groups in total. The van der Waals surface area contributed by atoms with Gasteiger partial charge in [-0.2, -0.15) is 0 Å². The lowest BCUT2D eigenvalue weighted by Crippen LogP contribution is -2.64. The van der Waals surface area contributed by atoms with Crippen LogP contribution in [0.1, 0.15) is 55.4 Å². The van der Waals surface area contributed by atoms with Crippen LogP contribution in [0.5, 0.6) is 17.2 Å². The molecule has 1 aromatic heterocycles. The number of esters is 7. The van der Waals surface area contributed by atoms with Crippen LogP contribution in [-0.4, -0.2) is 115 Å². The molecule has 2 saturated heterocycles. The average molecular weight is 873 g/mol. The molecule has 21 nitrogen and oxygen atoms in total. The maximum absolute atomic E-state index is 13.6. The fourth-order valence-corrected chi connectivity index (χ4v) is 6.86. The molecular weight excluding hydrogens is 828 g/mol. The van der Waals surface area contributed by atoms with Crippen LogP contribution in [0, 0.1) is 0 Å². The van der Waals surface area contributed by atoms with Gasteiger partial charge in [-0.05, 0) is 24.6 Å². The Kier molecular flexibility index (Phi) is 14.9. The van der Waals surface area contributed by atoms with E-state index >= 15 is 0 Å². The molecule has 0 unspecified atom stereocenters. The molecule has 3 aromatic rings. The highest BCUT2D eigenvalue weighted by atomic mass is 16.8. The minimum atomic E-state index is -1.75. The number of fused-ring (bicyclic) bond motifs is 1. The molecule has 0 radical (unpaired) electrons. The van der Waals surface area contributed by atoms with Gasteiger partial charge < -0.3 is 61.6 Å². The molecule has 3 heterocycles. The molecule has 2 fully saturated rings. The van der Waals surface area contributed by atoms with Gasteiger partial charge in [-0.15, -0.1) is 0 Å². The maximum atomic E-state index is 13.6. The Labute approximate surface area is 352 Å². The molecule has 0 aliphatic carbocycles. The van der Waals surface area contributed by atoms with Crippen molar-refractivity contribution in [1.82, 2.24) is 0 Å². The Morgan fingerprint density at radius 2 is 1.10 bits per heavy atom. The lowest BCUT2D eigenvalue weighted by Gasteiger charge is -2.46. The van der Waals surface area contributed by atoms with E-state index in [4.69, 9.17) is 56.5 Å². The van der Waals surface area contributed by atoms with E-state index in [1.807, 2.05) is 0 Å². The number of aromatic hydroxyl groups is 1. The predicted molar refractivity (Wildman–Crippen MR) is 204 cm³/mol. The topological polar surface area (TPSA) is 271 Å². The molecule has 0 amide bonds. The molecule has 2 aliphatic heterocycles. The van der Waals surface area contributed by atoms with Crippen molar-refractivity contribution in [3.8, 4) is 28.4 Å². The summed E-state index contributed by atoms with van der Waals surface area (Å²) in [4.78, 5) is 98.9. The largest absolute Gasteiger partial charge is 0.507 e. The van der Waals surface area contributed by atoms with Crippen molar-refractivity contribution >= 4 is 52.8 Å². The molecule has 2 aromatic carbocycles. The second kappa shape index (κ2) is 19.9. The molecule has 21 heteroatoms. The van der Waals surface area contributed by atoms with E-state index in [0.717, 1.165) is 53.9 Å². The van der Waals surface area contributed by atoms with Crippen molar-refractivity contribution < 1.29 is 95.2 Å². The van der Waals surface area contributed by atoms with Gasteiger partial charge in [-0.1, -0.05) is 12.1 Å². The van der Waals surface area contributed by atoms with Gasteiger partial charge in [0.1, 0.15) is 40.6 Å². The summed E-state index contributed by atoms with van der Waals surface area (Å²) in [5, 5.41) is 10.9. The Bertz CT molecular complexity index is 2250. The number of hydrogen-bond acceptors (Lipinski definition) is 21. The lowest BCUT2D eigenvalue weighted by molar-refractivity contribution is -0.323. The summed E-state index contributed by atoms with van der Waals surface area (Å²) in [7, 11) is 0. The number of phenols is 1. The third-order valence-corrected chi connectivity index (χ3v) is 9.06. The van der Waals surface area contributed by atoms with Crippen LogP contribution in [-0.2, 0) is 76.2 Å². The number of carbonyl (C=O) groups excluding carboxylic acids is 7. The van der Waals surface area contributed by atoms with Crippen LogP contribution >= 0.6 is 0 Å². The minimum Gasteiger partial charge on any atom is -0.507 e. The fourth-order valence-electron chi connectivity index (χ4n) is 6.86. The second-order valence-corrected chi connectivity index (χ2v) is 14.1. The Morgan fingerprint density at radius 3 is 1.65 bits per heavy atom. The van der Waals surface area contributed by atoms with Crippen molar-refractivity contribution in [3.63, 3.8) is 0 Å². The highest BCUT2D eigenvalue weighted by Gasteiger charge is 2.55. The van der Waals surface area contributed by atoms with Crippen LogP contribution in [0.3, 0.4) is 0 Å². The smallest absolute Gasteiger partial charge is 0.308 e. The fraction of sp³-hybridized carbons (Fsp3) is 0.463. The highest BCUT2D eigenvalue weighted by molar-refractivity contribution is 5.88. The predicted octanol–water partition coefficient (Wildman–Crippen LogP) is 2.55. The number of rotatable bonds is 13. The van der Waals surface area contributed by atoms with Gasteiger partial charge in [0, 0.05) is 60.6 Å². The molecule has 0 spiro atoms. The van der Waals surface area contributed by atoms with E-state index in [9.17, 15) is 43.5 Å². The maximum Gasteiger partial charge on any atom is 0.308 e. The molecule has 62 heavy (non-hydrogen) atoms. The molecule has 0 bridgehead atoms. The van der Waals surface area contributed by atoms with E-state index in [0.29, 0.717) is 5.56 Å². The quantitative estimate of drug-likeness (QED) is 0.147. The van der Waals surface area contributed by atoms with Crippen molar-refractivity contribution in [2.45, 2.75) is 117 Å². The molecule has 2 aliphatic rings. The molecule has 0 saturated carbocycles. The summed E-state index contributed by atoms with van der Waals surface area (Å²) in [5.41, 5.74) is -0.367. The summed E-state index contributed by atoms with van der Waals surface area (Å²) < 4.78 is 67.9. The molecule has 334 valence electrons. The highest BCUT2D eigenvalue weighted by Crippen LogP contribution is 2.36. The van der Waals surface area contributed by atoms with Crippen LogP contribution in [0.15, 0.2) is 51.9 Å². The van der Waals surface area contributed by atoms with Crippen LogP contribution in [0.4, 0.5) is 0 Å². The molecule has 10 atom stereocenters. The second-order valence-electron chi connectivity index (χ2n) is 14.1. The molecule has 5 rings (SSSR count). The van der Waals surface area contributed by atoms with Crippen molar-refractivity contribution in [2.24, 2.45) is 0 Å². The summed E-state index contributed by atoms with van der Waals surface area (Å²) in [5.74, 6) is -6.28. The summed E-state index contributed by atoms with van der Waals surface area (Å²) >= 11 is 0. The number of ether oxygens (including phenoxy) is 11. The number of phenolic OH excluding ortho intramolecular Hbond substituents is 1. The summed E-state index contributed by atoms with van der Waals surface area (Å²) in [6.07, 6.45) is -13.8. The van der Waals surface area contributed by atoms with Gasteiger partial charge >= 0.3 is 41.8 Å². The Morgan fingerprint density at radius 1 is 0.597 bits per heavy atom. The van der Waals surface area contributed by atoms with E-state index in [1.54, 1.807) is 0 Å². The van der Waals surface area contributed by atoms with Gasteiger partial charge in [0.15, 0.2) is 36.8 Å². The number of hydrogen-bond donors (Lipinski definition) is 1. The van der Waals surface area contributed by atoms with Crippen LogP contribution in [0.2, 0.25) is 0 Å². The standard InChI is InChI=1S/C41H44O21/c1-17-34(55-19(3)43)36(57-21(5)45)38(59-23(7)47)40(53-17)52-16-31-35(56-20(4)44)37(58-22(6)46)39(60-24(8)48)41(62-31)61-27-13-29(49)32-30(14-27)51-15-28(33(32)50)25-9-11-26(12-10-25)54-18(2)42/h9-15,17,31,34-41,49H,16H2,1-8H3/t17-,31+,34-,35+,36+,37-,38+,39+,40+,41-/m0/s1. The summed E-state index contributed by atoms with van der Waals surface area (Å²) in [6.45, 7) is 8.43. The van der Waals surface area contributed by atoms with Gasteiger partial charge in [-0.25, -0.2) is 0 Å². The van der Waals surface area contributed by atoms with E-state index < -0.39 is 121 Å². The number of carbonyl (C=O) groups is 7. The monoisotopic (exact) mass is 872 g/mol. The first kappa shape index (κ1) is 46.5. The van der Waals surface area contributed by atoms with E-state index in [-0.39, 0.29) is 28.0 Å². The zero-order chi connectivity index (χ0) is 45.6. The first-order valence-electron chi connectivity index (χ1n) is 18.9.